The number of rotatable bonds is 2. The second-order valence-electron chi connectivity index (χ2n) is 7.26. The van der Waals surface area contributed by atoms with Crippen LogP contribution in [0.5, 0.6) is 0 Å². The van der Waals surface area contributed by atoms with Crippen molar-refractivity contribution in [2.45, 2.75) is 44.4 Å². The number of hydrogen-bond acceptors (Lipinski definition) is 6. The van der Waals surface area contributed by atoms with E-state index in [9.17, 15) is 14.7 Å². The number of carbonyl (C=O) groups is 2. The molecule has 8 heteroatoms. The number of nitrogens with zero attached hydrogens (tertiary/aromatic N) is 3. The van der Waals surface area contributed by atoms with Crippen LogP contribution in [0.1, 0.15) is 37.2 Å². The van der Waals surface area contributed by atoms with Crippen molar-refractivity contribution in [1.82, 2.24) is 15.0 Å². The number of aliphatic hydroxyl groups is 1. The molecule has 0 saturated carbocycles. The van der Waals surface area contributed by atoms with Crippen LogP contribution in [0.2, 0.25) is 0 Å². The van der Waals surface area contributed by atoms with Crippen molar-refractivity contribution >= 4 is 11.8 Å². The number of piperidine rings is 1. The first-order valence-electron chi connectivity index (χ1n) is 8.56. The van der Waals surface area contributed by atoms with Gasteiger partial charge in [0.05, 0.1) is 24.4 Å². The zero-order chi connectivity index (χ0) is 18.2. The van der Waals surface area contributed by atoms with Crippen molar-refractivity contribution in [1.29, 1.82) is 0 Å². The van der Waals surface area contributed by atoms with Crippen LogP contribution in [0.3, 0.4) is 0 Å². The average Bonchev–Trinajstić information content (AvgIpc) is 3.04. The molecule has 3 heterocycles. The number of hydrogen-bond donors (Lipinski definition) is 1. The van der Waals surface area contributed by atoms with Crippen LogP contribution in [0.15, 0.2) is 16.9 Å². The van der Waals surface area contributed by atoms with Crippen molar-refractivity contribution in [2.75, 3.05) is 26.7 Å². The molecule has 2 aliphatic rings. The van der Waals surface area contributed by atoms with Gasteiger partial charge in [-0.05, 0) is 19.8 Å². The zero-order valence-corrected chi connectivity index (χ0v) is 14.8. The van der Waals surface area contributed by atoms with Gasteiger partial charge in [0.15, 0.2) is 5.69 Å². The van der Waals surface area contributed by atoms with Gasteiger partial charge in [-0.3, -0.25) is 9.59 Å². The summed E-state index contributed by atoms with van der Waals surface area (Å²) < 4.78 is 10.8. The van der Waals surface area contributed by atoms with Crippen LogP contribution in [-0.2, 0) is 9.53 Å². The van der Waals surface area contributed by atoms with Crippen LogP contribution in [-0.4, -0.2) is 76.4 Å². The predicted octanol–water partition coefficient (Wildman–Crippen LogP) is 0.524. The lowest BCUT2D eigenvalue weighted by atomic mass is 9.82. The minimum Gasteiger partial charge on any atom is -0.388 e. The Kier molecular flexibility index (Phi) is 4.83. The molecule has 0 unspecified atom stereocenters. The molecule has 2 saturated heterocycles. The minimum atomic E-state index is -1.08. The number of amides is 2. The van der Waals surface area contributed by atoms with E-state index in [0.29, 0.717) is 32.5 Å². The molecular weight excluding hydrogens is 326 g/mol. The quantitative estimate of drug-likeness (QED) is 0.835. The van der Waals surface area contributed by atoms with E-state index in [1.807, 2.05) is 0 Å². The first-order valence-corrected chi connectivity index (χ1v) is 8.56. The third kappa shape index (κ3) is 3.55. The van der Waals surface area contributed by atoms with Crippen LogP contribution in [0.25, 0.3) is 0 Å². The molecule has 0 aromatic carbocycles. The van der Waals surface area contributed by atoms with Gasteiger partial charge < -0.3 is 24.2 Å². The summed E-state index contributed by atoms with van der Waals surface area (Å²) in [6.07, 6.45) is 2.50. The molecule has 2 amide bonds. The van der Waals surface area contributed by atoms with Crippen molar-refractivity contribution in [2.24, 2.45) is 5.92 Å². The molecule has 0 aliphatic carbocycles. The molecule has 3 rings (SSSR count). The van der Waals surface area contributed by atoms with E-state index in [2.05, 4.69) is 5.16 Å². The fourth-order valence-corrected chi connectivity index (χ4v) is 3.90. The lowest BCUT2D eigenvalue weighted by Crippen LogP contribution is -2.53. The van der Waals surface area contributed by atoms with E-state index in [-0.39, 0.29) is 29.5 Å². The average molecular weight is 351 g/mol. The van der Waals surface area contributed by atoms with Crippen molar-refractivity contribution < 1.29 is 24.0 Å². The molecule has 1 aromatic heterocycles. The number of carbonyl (C=O) groups excluding carboxylic acids is 2. The third-order valence-corrected chi connectivity index (χ3v) is 5.43. The summed E-state index contributed by atoms with van der Waals surface area (Å²) in [4.78, 5) is 27.5. The van der Waals surface area contributed by atoms with Gasteiger partial charge in [-0.1, -0.05) is 5.16 Å². The summed E-state index contributed by atoms with van der Waals surface area (Å²) in [7, 11) is 1.68. The second kappa shape index (κ2) is 6.76. The van der Waals surface area contributed by atoms with Gasteiger partial charge >= 0.3 is 0 Å². The van der Waals surface area contributed by atoms with E-state index in [4.69, 9.17) is 9.26 Å². The maximum Gasteiger partial charge on any atom is 0.276 e. The largest absolute Gasteiger partial charge is 0.388 e. The smallest absolute Gasteiger partial charge is 0.276 e. The molecule has 2 fully saturated rings. The van der Waals surface area contributed by atoms with Crippen LogP contribution < -0.4 is 0 Å². The Labute approximate surface area is 146 Å². The fraction of sp³-hybridized carbons (Fsp3) is 0.706. The molecule has 8 nitrogen and oxygen atoms in total. The van der Waals surface area contributed by atoms with E-state index in [0.717, 1.165) is 0 Å². The van der Waals surface area contributed by atoms with Crippen LogP contribution >= 0.6 is 0 Å². The van der Waals surface area contributed by atoms with E-state index in [1.54, 1.807) is 24.9 Å². The Morgan fingerprint density at radius 3 is 2.88 bits per heavy atom. The topological polar surface area (TPSA) is 96.1 Å². The van der Waals surface area contributed by atoms with Gasteiger partial charge in [0.1, 0.15) is 6.26 Å². The third-order valence-electron chi connectivity index (χ3n) is 5.43. The van der Waals surface area contributed by atoms with Crippen molar-refractivity contribution in [3.8, 4) is 0 Å². The first-order chi connectivity index (χ1) is 11.8. The standard InChI is InChI=1S/C17H25N3O5/c1-11(21)19(3)15-10-24-14-4-6-20(9-12(14)8-17(15,2)23)16(22)13-5-7-25-18-13/h5,7,12,14-15,23H,4,6,8-10H2,1-3H3/t12-,14+,15+,17+/m0/s1. The molecule has 4 atom stereocenters. The van der Waals surface area contributed by atoms with E-state index >= 15 is 0 Å². The Morgan fingerprint density at radius 2 is 2.24 bits per heavy atom. The first kappa shape index (κ1) is 17.9. The molecule has 0 bridgehead atoms. The highest BCUT2D eigenvalue weighted by atomic mass is 16.5. The summed E-state index contributed by atoms with van der Waals surface area (Å²) in [6.45, 7) is 4.57. The van der Waals surface area contributed by atoms with Crippen molar-refractivity contribution in [3.63, 3.8) is 0 Å². The number of likely N-dealkylation sites (N-methyl/N-ethyl adjacent to an activating group) is 1. The fourth-order valence-electron chi connectivity index (χ4n) is 3.90. The normalized spacial score (nSPS) is 32.6. The summed E-state index contributed by atoms with van der Waals surface area (Å²) in [5, 5.41) is 14.7. The maximum absolute atomic E-state index is 12.5. The second-order valence-corrected chi connectivity index (χ2v) is 7.26. The highest BCUT2D eigenvalue weighted by Crippen LogP contribution is 2.35. The van der Waals surface area contributed by atoms with Gasteiger partial charge in [-0.15, -0.1) is 0 Å². The number of likely N-dealkylation sites (tertiary alicyclic amines) is 1. The molecule has 0 spiro atoms. The van der Waals surface area contributed by atoms with Gasteiger partial charge in [0.25, 0.3) is 5.91 Å². The molecule has 1 aromatic rings. The predicted molar refractivity (Wildman–Crippen MR) is 87.7 cm³/mol. The Bertz CT molecular complexity index is 630. The summed E-state index contributed by atoms with van der Waals surface area (Å²) in [6, 6.07) is 1.14. The van der Waals surface area contributed by atoms with Gasteiger partial charge in [-0.2, -0.15) is 0 Å². The molecule has 1 N–H and O–H groups in total. The molecular formula is C17H25N3O5. The molecule has 25 heavy (non-hydrogen) atoms. The van der Waals surface area contributed by atoms with Crippen molar-refractivity contribution in [3.05, 3.63) is 18.0 Å². The van der Waals surface area contributed by atoms with Crippen LogP contribution in [0, 0.1) is 5.92 Å². The Balaban J connectivity index is 1.74. The zero-order valence-electron chi connectivity index (χ0n) is 14.8. The summed E-state index contributed by atoms with van der Waals surface area (Å²) >= 11 is 0. The minimum absolute atomic E-state index is 0.00459. The van der Waals surface area contributed by atoms with Gasteiger partial charge in [0, 0.05) is 39.0 Å². The highest BCUT2D eigenvalue weighted by molar-refractivity contribution is 5.92. The number of aromatic nitrogens is 1. The Hall–Kier alpha value is -1.93. The summed E-state index contributed by atoms with van der Waals surface area (Å²) in [5.41, 5.74) is -0.797. The van der Waals surface area contributed by atoms with E-state index < -0.39 is 11.6 Å². The number of ether oxygens (including phenoxy) is 1. The lowest BCUT2D eigenvalue weighted by Gasteiger charge is -2.40. The monoisotopic (exact) mass is 351 g/mol. The van der Waals surface area contributed by atoms with E-state index in [1.165, 1.54) is 18.1 Å². The van der Waals surface area contributed by atoms with Crippen LogP contribution in [0.4, 0.5) is 0 Å². The SMILES string of the molecule is CC(=O)N(C)[C@@H]1CO[C@@H]2CCN(C(=O)c3ccon3)C[C@@H]2C[C@@]1(C)O. The maximum atomic E-state index is 12.5. The lowest BCUT2D eigenvalue weighted by molar-refractivity contribution is -0.138. The highest BCUT2D eigenvalue weighted by Gasteiger charge is 2.45. The molecule has 0 radical (unpaired) electrons. The molecule has 138 valence electrons. The molecule has 2 aliphatic heterocycles. The Morgan fingerprint density at radius 1 is 1.48 bits per heavy atom. The summed E-state index contributed by atoms with van der Waals surface area (Å²) in [5.74, 6) is -0.278. The number of fused-ring (bicyclic) bond motifs is 1. The van der Waals surface area contributed by atoms with Gasteiger partial charge in [-0.25, -0.2) is 0 Å². The van der Waals surface area contributed by atoms with Gasteiger partial charge in [0.2, 0.25) is 5.91 Å².